The Morgan fingerprint density at radius 2 is 2.16 bits per heavy atom. The molecule has 168 valence electrons. The Hall–Kier alpha value is -3.33. The number of morpholine rings is 1. The van der Waals surface area contributed by atoms with Crippen LogP contribution in [0.4, 0.5) is 16.3 Å². The average molecular weight is 438 g/mol. The van der Waals surface area contributed by atoms with Crippen molar-refractivity contribution in [2.45, 2.75) is 32.4 Å². The number of methoxy groups -OCH3 is 1. The van der Waals surface area contributed by atoms with Gasteiger partial charge in [0.2, 0.25) is 0 Å². The van der Waals surface area contributed by atoms with Crippen LogP contribution < -0.4 is 15.0 Å². The van der Waals surface area contributed by atoms with Crippen LogP contribution in [0.15, 0.2) is 30.6 Å². The van der Waals surface area contributed by atoms with Crippen molar-refractivity contribution in [3.05, 3.63) is 30.6 Å². The fraction of sp³-hybridized carbons (Fsp3) is 0.435. The molecule has 1 unspecified atom stereocenters. The van der Waals surface area contributed by atoms with Crippen molar-refractivity contribution >= 4 is 28.5 Å². The van der Waals surface area contributed by atoms with Gasteiger partial charge >= 0.3 is 6.09 Å². The summed E-state index contributed by atoms with van der Waals surface area (Å²) < 4.78 is 18.1. The van der Waals surface area contributed by atoms with Gasteiger partial charge in [0.1, 0.15) is 11.4 Å². The van der Waals surface area contributed by atoms with E-state index in [0.29, 0.717) is 30.3 Å². The Balaban J connectivity index is 1.62. The van der Waals surface area contributed by atoms with E-state index in [1.807, 2.05) is 45.2 Å². The molecular formula is C23H27N5O4. The molecule has 0 aliphatic carbocycles. The van der Waals surface area contributed by atoms with Gasteiger partial charge in [-0.3, -0.25) is 4.57 Å². The fourth-order valence-electron chi connectivity index (χ4n) is 4.15. The monoisotopic (exact) mass is 437 g/mol. The summed E-state index contributed by atoms with van der Waals surface area (Å²) in [4.78, 5) is 24.8. The Labute approximate surface area is 186 Å². The molecule has 2 aliphatic rings. The van der Waals surface area contributed by atoms with Crippen molar-refractivity contribution in [1.29, 1.82) is 0 Å². The standard InChI is InChI=1S/C23H27N5O4/c1-23(2,3)32-22(29)28-12-17(16-6-5-15(30-4)9-19(16)28)20-25-11-18-21(26-20)27-7-8-31-13-14(27)10-24-18/h5-6,9,11-12,14,24H,7-8,10,13H2,1-4H3. The molecule has 0 bridgehead atoms. The van der Waals surface area contributed by atoms with Gasteiger partial charge in [-0.2, -0.15) is 0 Å². The highest BCUT2D eigenvalue weighted by molar-refractivity contribution is 6.00. The zero-order valence-electron chi connectivity index (χ0n) is 18.7. The van der Waals surface area contributed by atoms with E-state index in [-0.39, 0.29) is 6.04 Å². The van der Waals surface area contributed by atoms with Crippen molar-refractivity contribution in [2.75, 3.05) is 43.6 Å². The minimum Gasteiger partial charge on any atom is -0.497 e. The van der Waals surface area contributed by atoms with Crippen LogP contribution in [0.25, 0.3) is 22.3 Å². The number of benzene rings is 1. The molecule has 3 aromatic rings. The van der Waals surface area contributed by atoms with E-state index in [2.05, 4.69) is 15.2 Å². The average Bonchev–Trinajstić information content (AvgIpc) is 3.16. The van der Waals surface area contributed by atoms with Crippen LogP contribution in [0.1, 0.15) is 20.8 Å². The van der Waals surface area contributed by atoms with Gasteiger partial charge in [0.15, 0.2) is 11.6 Å². The Morgan fingerprint density at radius 3 is 2.94 bits per heavy atom. The van der Waals surface area contributed by atoms with Gasteiger partial charge in [0, 0.05) is 36.3 Å². The molecule has 2 aliphatic heterocycles. The van der Waals surface area contributed by atoms with E-state index in [1.165, 1.54) is 4.57 Å². The molecule has 0 saturated carbocycles. The molecule has 0 radical (unpaired) electrons. The van der Waals surface area contributed by atoms with Crippen molar-refractivity contribution in [3.8, 4) is 17.1 Å². The van der Waals surface area contributed by atoms with Crippen LogP contribution in [0.5, 0.6) is 5.75 Å². The minimum absolute atomic E-state index is 0.242. The lowest BCUT2D eigenvalue weighted by Gasteiger charge is -2.41. The molecular weight excluding hydrogens is 410 g/mol. The molecule has 2 aromatic heterocycles. The lowest BCUT2D eigenvalue weighted by atomic mass is 10.1. The summed E-state index contributed by atoms with van der Waals surface area (Å²) in [5.41, 5.74) is 1.72. The molecule has 32 heavy (non-hydrogen) atoms. The van der Waals surface area contributed by atoms with Gasteiger partial charge in [-0.05, 0) is 32.9 Å². The van der Waals surface area contributed by atoms with Crippen molar-refractivity contribution in [1.82, 2.24) is 14.5 Å². The van der Waals surface area contributed by atoms with Crippen LogP contribution >= 0.6 is 0 Å². The lowest BCUT2D eigenvalue weighted by molar-refractivity contribution is 0.0544. The van der Waals surface area contributed by atoms with Crippen LogP contribution in [-0.4, -0.2) is 65.7 Å². The number of carbonyl (C=O) groups excluding carboxylic acids is 1. The molecule has 9 nitrogen and oxygen atoms in total. The number of nitrogens with one attached hydrogen (secondary N) is 1. The number of hydrogen-bond donors (Lipinski definition) is 1. The van der Waals surface area contributed by atoms with E-state index in [9.17, 15) is 4.79 Å². The maximum atomic E-state index is 13.0. The second-order valence-corrected chi connectivity index (χ2v) is 9.01. The van der Waals surface area contributed by atoms with E-state index in [0.717, 1.165) is 35.5 Å². The molecule has 0 amide bonds. The van der Waals surface area contributed by atoms with Crippen molar-refractivity contribution < 1.29 is 19.0 Å². The zero-order chi connectivity index (χ0) is 22.5. The van der Waals surface area contributed by atoms with Gasteiger partial charge in [-0.1, -0.05) is 0 Å². The number of rotatable bonds is 2. The van der Waals surface area contributed by atoms with Gasteiger partial charge in [0.25, 0.3) is 0 Å². The normalized spacial score (nSPS) is 18.0. The van der Waals surface area contributed by atoms with Crippen LogP contribution in [0.3, 0.4) is 0 Å². The molecule has 1 N–H and O–H groups in total. The predicted molar refractivity (Wildman–Crippen MR) is 122 cm³/mol. The summed E-state index contributed by atoms with van der Waals surface area (Å²) in [6, 6.07) is 5.85. The highest BCUT2D eigenvalue weighted by Crippen LogP contribution is 2.36. The topological polar surface area (TPSA) is 90.7 Å². The second-order valence-electron chi connectivity index (χ2n) is 9.01. The zero-order valence-corrected chi connectivity index (χ0v) is 18.7. The number of nitrogens with zero attached hydrogens (tertiary/aromatic N) is 4. The third kappa shape index (κ3) is 3.62. The summed E-state index contributed by atoms with van der Waals surface area (Å²) in [5, 5.41) is 4.25. The summed E-state index contributed by atoms with van der Waals surface area (Å²) >= 11 is 0. The van der Waals surface area contributed by atoms with Crippen LogP contribution in [0.2, 0.25) is 0 Å². The molecule has 4 heterocycles. The fourth-order valence-corrected chi connectivity index (χ4v) is 4.15. The molecule has 1 fully saturated rings. The highest BCUT2D eigenvalue weighted by atomic mass is 16.6. The van der Waals surface area contributed by atoms with Crippen LogP contribution in [0, 0.1) is 0 Å². The van der Waals surface area contributed by atoms with Gasteiger partial charge in [-0.15, -0.1) is 0 Å². The van der Waals surface area contributed by atoms with Crippen LogP contribution in [-0.2, 0) is 9.47 Å². The lowest BCUT2D eigenvalue weighted by Crippen LogP contribution is -2.52. The molecule has 1 atom stereocenters. The Morgan fingerprint density at radius 1 is 1.31 bits per heavy atom. The van der Waals surface area contributed by atoms with E-state index in [4.69, 9.17) is 19.2 Å². The summed E-state index contributed by atoms with van der Waals surface area (Å²) in [7, 11) is 1.60. The first-order valence-corrected chi connectivity index (χ1v) is 10.7. The van der Waals surface area contributed by atoms with Gasteiger partial charge in [-0.25, -0.2) is 14.8 Å². The number of fused-ring (bicyclic) bond motifs is 4. The summed E-state index contributed by atoms with van der Waals surface area (Å²) in [5.74, 6) is 2.06. The Bertz CT molecular complexity index is 1180. The van der Waals surface area contributed by atoms with E-state index < -0.39 is 11.7 Å². The molecule has 0 spiro atoms. The maximum Gasteiger partial charge on any atom is 0.419 e. The predicted octanol–water partition coefficient (Wildman–Crippen LogP) is 3.52. The minimum atomic E-state index is -0.619. The first kappa shape index (κ1) is 20.6. The number of ether oxygens (including phenoxy) is 3. The first-order valence-electron chi connectivity index (χ1n) is 10.7. The second kappa shape index (κ2) is 7.67. The Kier molecular flexibility index (Phi) is 4.93. The molecule has 9 heteroatoms. The van der Waals surface area contributed by atoms with Gasteiger partial charge < -0.3 is 24.4 Å². The molecule has 1 aromatic carbocycles. The SMILES string of the molecule is COc1ccc2c(-c3ncc4c(n3)N3CCOCC3CN4)cn(C(=O)OC(C)(C)C)c2c1. The molecule has 1 saturated heterocycles. The number of hydrogen-bond acceptors (Lipinski definition) is 8. The highest BCUT2D eigenvalue weighted by Gasteiger charge is 2.31. The smallest absolute Gasteiger partial charge is 0.419 e. The molecule has 5 rings (SSSR count). The van der Waals surface area contributed by atoms with E-state index >= 15 is 0 Å². The largest absolute Gasteiger partial charge is 0.497 e. The number of anilines is 2. The van der Waals surface area contributed by atoms with Crippen molar-refractivity contribution in [3.63, 3.8) is 0 Å². The third-order valence-electron chi connectivity index (χ3n) is 5.64. The third-order valence-corrected chi connectivity index (χ3v) is 5.64. The first-order chi connectivity index (χ1) is 15.3. The summed E-state index contributed by atoms with van der Waals surface area (Å²) in [6.45, 7) is 8.46. The van der Waals surface area contributed by atoms with Crippen molar-refractivity contribution in [2.24, 2.45) is 0 Å². The number of aromatic nitrogens is 3. The number of carbonyl (C=O) groups is 1. The van der Waals surface area contributed by atoms with E-state index in [1.54, 1.807) is 13.3 Å². The maximum absolute atomic E-state index is 13.0. The summed E-state index contributed by atoms with van der Waals surface area (Å²) in [6.07, 6.45) is 3.09. The quantitative estimate of drug-likeness (QED) is 0.651. The van der Waals surface area contributed by atoms with Gasteiger partial charge in [0.05, 0.1) is 43.8 Å².